The van der Waals surface area contributed by atoms with E-state index in [0.717, 1.165) is 16.5 Å². The van der Waals surface area contributed by atoms with Crippen LogP contribution in [0.1, 0.15) is 37.9 Å². The molecule has 7 nitrogen and oxygen atoms in total. The Labute approximate surface area is 202 Å². The van der Waals surface area contributed by atoms with E-state index in [2.05, 4.69) is 4.98 Å². The van der Waals surface area contributed by atoms with E-state index in [0.29, 0.717) is 23.1 Å². The lowest BCUT2D eigenvalue weighted by atomic mass is 9.94. The minimum Gasteiger partial charge on any atom is -0.272 e. The Morgan fingerprint density at radius 2 is 1.51 bits per heavy atom. The highest BCUT2D eigenvalue weighted by Crippen LogP contribution is 2.37. The zero-order valence-electron chi connectivity index (χ0n) is 18.7. The predicted molar refractivity (Wildman–Crippen MR) is 130 cm³/mol. The Morgan fingerprint density at radius 1 is 0.829 bits per heavy atom. The molecular weight excluding hydrogens is 462 g/mol. The van der Waals surface area contributed by atoms with Crippen LogP contribution in [0.2, 0.25) is 0 Å². The summed E-state index contributed by atoms with van der Waals surface area (Å²) in [5.74, 6) is -0.810. The van der Waals surface area contributed by atoms with Crippen LogP contribution in [0.15, 0.2) is 90.0 Å². The molecule has 35 heavy (non-hydrogen) atoms. The van der Waals surface area contributed by atoms with Crippen LogP contribution in [-0.2, 0) is 16.4 Å². The Balaban J connectivity index is 1.46. The van der Waals surface area contributed by atoms with E-state index in [1.165, 1.54) is 9.21 Å². The van der Waals surface area contributed by atoms with Crippen molar-refractivity contribution in [2.45, 2.75) is 17.4 Å². The SMILES string of the molecule is O=C1c2ccccc2C(=O)N1CC1c2ccccc2CCN1S(=O)(=O)c1cccc2cccnc12. The van der Waals surface area contributed by atoms with Gasteiger partial charge in [-0.2, -0.15) is 4.31 Å². The first-order chi connectivity index (χ1) is 17.0. The third kappa shape index (κ3) is 3.37. The van der Waals surface area contributed by atoms with E-state index in [-0.39, 0.29) is 18.0 Å². The minimum absolute atomic E-state index is 0.0687. The van der Waals surface area contributed by atoms with Crippen molar-refractivity contribution < 1.29 is 18.0 Å². The maximum atomic E-state index is 14.1. The summed E-state index contributed by atoms with van der Waals surface area (Å²) in [6.07, 6.45) is 2.11. The first-order valence-electron chi connectivity index (χ1n) is 11.4. The molecular formula is C27H21N3O4S. The van der Waals surface area contributed by atoms with Gasteiger partial charge < -0.3 is 0 Å². The lowest BCUT2D eigenvalue weighted by molar-refractivity contribution is 0.0616. The Morgan fingerprint density at radius 3 is 2.29 bits per heavy atom. The monoisotopic (exact) mass is 483 g/mol. The molecule has 8 heteroatoms. The van der Waals surface area contributed by atoms with Gasteiger partial charge in [-0.05, 0) is 41.8 Å². The quantitative estimate of drug-likeness (QED) is 0.412. The molecule has 2 aliphatic heterocycles. The number of amides is 2. The molecule has 6 rings (SSSR count). The van der Waals surface area contributed by atoms with Gasteiger partial charge in [0.25, 0.3) is 11.8 Å². The van der Waals surface area contributed by atoms with Crippen LogP contribution < -0.4 is 0 Å². The van der Waals surface area contributed by atoms with Crippen molar-refractivity contribution in [3.05, 3.63) is 107 Å². The normalized spacial score (nSPS) is 18.1. The first kappa shape index (κ1) is 21.6. The van der Waals surface area contributed by atoms with Gasteiger partial charge in [0.1, 0.15) is 4.90 Å². The fourth-order valence-corrected chi connectivity index (χ4v) is 6.86. The highest BCUT2D eigenvalue weighted by Gasteiger charge is 2.42. The van der Waals surface area contributed by atoms with Crippen molar-refractivity contribution in [3.8, 4) is 0 Å². The largest absolute Gasteiger partial charge is 0.272 e. The number of benzene rings is 3. The summed E-state index contributed by atoms with van der Waals surface area (Å²) in [7, 11) is -4.00. The highest BCUT2D eigenvalue weighted by molar-refractivity contribution is 7.89. The molecule has 3 heterocycles. The molecule has 0 saturated heterocycles. The van der Waals surface area contributed by atoms with Crippen LogP contribution in [0, 0.1) is 0 Å². The standard InChI is InChI=1S/C27H21N3O4S/c31-26-21-11-3-4-12-22(21)27(32)29(26)17-23-20-10-2-1-7-18(20)14-16-30(23)35(33,34)24-13-5-8-19-9-6-15-28-25(19)24/h1-13,15,23H,14,16-17H2. The zero-order valence-corrected chi connectivity index (χ0v) is 19.5. The molecule has 0 bridgehead atoms. The van der Waals surface area contributed by atoms with Gasteiger partial charge in [0.2, 0.25) is 10.0 Å². The molecule has 2 amide bonds. The second-order valence-corrected chi connectivity index (χ2v) is 10.5. The number of pyridine rings is 1. The number of carbonyl (C=O) groups is 2. The summed E-state index contributed by atoms with van der Waals surface area (Å²) in [5, 5.41) is 0.725. The molecule has 0 fully saturated rings. The number of rotatable bonds is 4. The van der Waals surface area contributed by atoms with Crippen LogP contribution in [0.5, 0.6) is 0 Å². The molecule has 0 radical (unpaired) electrons. The molecule has 1 unspecified atom stereocenters. The Hall–Kier alpha value is -3.88. The number of imide groups is 1. The number of carbonyl (C=O) groups excluding carboxylic acids is 2. The van der Waals surface area contributed by atoms with Crippen molar-refractivity contribution in [2.24, 2.45) is 0 Å². The van der Waals surface area contributed by atoms with Crippen LogP contribution in [0.4, 0.5) is 0 Å². The predicted octanol–water partition coefficient (Wildman–Crippen LogP) is 3.82. The number of para-hydroxylation sites is 1. The third-order valence-corrected chi connectivity index (χ3v) is 8.72. The number of nitrogens with zero attached hydrogens (tertiary/aromatic N) is 3. The average Bonchev–Trinajstić information content (AvgIpc) is 3.13. The highest BCUT2D eigenvalue weighted by atomic mass is 32.2. The lowest BCUT2D eigenvalue weighted by Gasteiger charge is -2.38. The van der Waals surface area contributed by atoms with Gasteiger partial charge in [-0.1, -0.05) is 54.6 Å². The van der Waals surface area contributed by atoms with Crippen LogP contribution in [0.25, 0.3) is 10.9 Å². The van der Waals surface area contributed by atoms with Crippen molar-refractivity contribution in [2.75, 3.05) is 13.1 Å². The summed E-state index contributed by atoms with van der Waals surface area (Å²) < 4.78 is 29.6. The Bertz CT molecular complexity index is 1580. The number of sulfonamides is 1. The van der Waals surface area contributed by atoms with Gasteiger partial charge in [-0.15, -0.1) is 0 Å². The summed E-state index contributed by atoms with van der Waals surface area (Å²) >= 11 is 0. The molecule has 0 saturated carbocycles. The van der Waals surface area contributed by atoms with Gasteiger partial charge in [-0.25, -0.2) is 8.42 Å². The second-order valence-electron chi connectivity index (χ2n) is 8.68. The molecule has 0 N–H and O–H groups in total. The van der Waals surface area contributed by atoms with E-state index in [1.807, 2.05) is 36.4 Å². The van der Waals surface area contributed by atoms with Gasteiger partial charge in [0.05, 0.1) is 29.2 Å². The molecule has 3 aromatic carbocycles. The van der Waals surface area contributed by atoms with Crippen LogP contribution >= 0.6 is 0 Å². The zero-order chi connectivity index (χ0) is 24.2. The van der Waals surface area contributed by atoms with Gasteiger partial charge >= 0.3 is 0 Å². The second kappa shape index (κ2) is 8.11. The summed E-state index contributed by atoms with van der Waals surface area (Å²) in [6.45, 7) is 0.164. The van der Waals surface area contributed by atoms with Gasteiger partial charge in [0.15, 0.2) is 0 Å². The van der Waals surface area contributed by atoms with E-state index in [9.17, 15) is 18.0 Å². The molecule has 0 spiro atoms. The topological polar surface area (TPSA) is 87.7 Å². The van der Waals surface area contributed by atoms with E-state index in [1.54, 1.807) is 48.7 Å². The maximum absolute atomic E-state index is 14.1. The van der Waals surface area contributed by atoms with Gasteiger partial charge in [0, 0.05) is 18.1 Å². The fraction of sp³-hybridized carbons (Fsp3) is 0.148. The minimum atomic E-state index is -4.00. The smallest absolute Gasteiger partial charge is 0.261 e. The summed E-state index contributed by atoms with van der Waals surface area (Å²) in [5.41, 5.74) is 2.89. The van der Waals surface area contributed by atoms with Crippen molar-refractivity contribution in [1.29, 1.82) is 0 Å². The van der Waals surface area contributed by atoms with E-state index >= 15 is 0 Å². The van der Waals surface area contributed by atoms with Crippen molar-refractivity contribution in [1.82, 2.24) is 14.2 Å². The maximum Gasteiger partial charge on any atom is 0.261 e. The molecule has 174 valence electrons. The fourth-order valence-electron chi connectivity index (χ4n) is 5.09. The first-order valence-corrected chi connectivity index (χ1v) is 12.8. The molecule has 1 atom stereocenters. The molecule has 4 aromatic rings. The van der Waals surface area contributed by atoms with E-state index < -0.39 is 27.9 Å². The third-order valence-electron chi connectivity index (χ3n) is 6.78. The van der Waals surface area contributed by atoms with Crippen LogP contribution in [0.3, 0.4) is 0 Å². The summed E-state index contributed by atoms with van der Waals surface area (Å²) in [6, 6.07) is 22.2. The number of fused-ring (bicyclic) bond motifs is 3. The van der Waals surface area contributed by atoms with Gasteiger partial charge in [-0.3, -0.25) is 19.5 Å². The average molecular weight is 484 g/mol. The Kier molecular flexibility index (Phi) is 5.01. The molecule has 2 aliphatic rings. The van der Waals surface area contributed by atoms with E-state index in [4.69, 9.17) is 0 Å². The van der Waals surface area contributed by atoms with Crippen LogP contribution in [-0.4, -0.2) is 47.5 Å². The molecule has 1 aromatic heterocycles. The number of hydrogen-bond donors (Lipinski definition) is 0. The summed E-state index contributed by atoms with van der Waals surface area (Å²) in [4.78, 5) is 31.9. The molecule has 0 aliphatic carbocycles. The number of hydrogen-bond acceptors (Lipinski definition) is 5. The lowest BCUT2D eigenvalue weighted by Crippen LogP contribution is -2.46. The van der Waals surface area contributed by atoms with Crippen molar-refractivity contribution >= 4 is 32.7 Å². The number of aromatic nitrogens is 1. The van der Waals surface area contributed by atoms with Crippen molar-refractivity contribution in [3.63, 3.8) is 0 Å².